The van der Waals surface area contributed by atoms with E-state index >= 15 is 0 Å². The first-order valence-electron chi connectivity index (χ1n) is 7.41. The summed E-state index contributed by atoms with van der Waals surface area (Å²) in [4.78, 5) is 13.2. The van der Waals surface area contributed by atoms with E-state index in [1.165, 1.54) is 4.90 Å². The molecule has 1 amide bonds. The summed E-state index contributed by atoms with van der Waals surface area (Å²) in [6.07, 6.45) is 0.947. The molecule has 0 radical (unpaired) electrons. The number of hydrogen-bond donors (Lipinski definition) is 2. The van der Waals surface area contributed by atoms with Crippen LogP contribution in [0.15, 0.2) is 18.2 Å². The van der Waals surface area contributed by atoms with Crippen molar-refractivity contribution in [2.24, 2.45) is 0 Å². The topological polar surface area (TPSA) is 52.0 Å². The fourth-order valence-electron chi connectivity index (χ4n) is 2.26. The molecule has 5 nitrogen and oxygen atoms in total. The normalized spacial score (nSPS) is 15.5. The van der Waals surface area contributed by atoms with Crippen LogP contribution in [-0.4, -0.2) is 51.9 Å². The van der Waals surface area contributed by atoms with Crippen molar-refractivity contribution >= 4 is 29.1 Å². The molecule has 1 heterocycles. The molecule has 1 aliphatic heterocycles. The third kappa shape index (κ3) is 6.01. The highest BCUT2D eigenvalue weighted by molar-refractivity contribution is 6.35. The SMILES string of the molecule is O=C(COc1ccc(Cl)cc1Cl)NCCC[NH+]1CCOCC1. The Bertz CT molecular complexity index is 494. The highest BCUT2D eigenvalue weighted by Gasteiger charge is 2.13. The van der Waals surface area contributed by atoms with E-state index in [0.29, 0.717) is 22.3 Å². The predicted octanol–water partition coefficient (Wildman–Crippen LogP) is 0.794. The van der Waals surface area contributed by atoms with Crippen LogP contribution in [0.3, 0.4) is 0 Å². The molecule has 0 bridgehead atoms. The Morgan fingerprint density at radius 1 is 1.32 bits per heavy atom. The van der Waals surface area contributed by atoms with Crippen molar-refractivity contribution in [3.05, 3.63) is 28.2 Å². The number of benzene rings is 1. The zero-order valence-electron chi connectivity index (χ0n) is 12.4. The zero-order valence-corrected chi connectivity index (χ0v) is 13.9. The molecule has 22 heavy (non-hydrogen) atoms. The lowest BCUT2D eigenvalue weighted by atomic mass is 10.3. The fourth-order valence-corrected chi connectivity index (χ4v) is 2.73. The molecule has 0 spiro atoms. The quantitative estimate of drug-likeness (QED) is 0.717. The lowest BCUT2D eigenvalue weighted by molar-refractivity contribution is -0.908. The minimum absolute atomic E-state index is 0.0498. The van der Waals surface area contributed by atoms with E-state index < -0.39 is 0 Å². The average Bonchev–Trinajstić information content (AvgIpc) is 2.52. The van der Waals surface area contributed by atoms with Gasteiger partial charge >= 0.3 is 0 Å². The monoisotopic (exact) mass is 347 g/mol. The van der Waals surface area contributed by atoms with Crippen molar-refractivity contribution < 1.29 is 19.2 Å². The molecule has 1 aromatic carbocycles. The number of halogens is 2. The van der Waals surface area contributed by atoms with E-state index in [9.17, 15) is 4.79 Å². The summed E-state index contributed by atoms with van der Waals surface area (Å²) in [6, 6.07) is 4.91. The molecule has 2 rings (SSSR count). The van der Waals surface area contributed by atoms with Crippen molar-refractivity contribution in [2.75, 3.05) is 46.0 Å². The maximum absolute atomic E-state index is 11.7. The first kappa shape index (κ1) is 17.3. The van der Waals surface area contributed by atoms with Crippen LogP contribution < -0.4 is 15.0 Å². The molecule has 0 atom stereocenters. The highest BCUT2D eigenvalue weighted by atomic mass is 35.5. The van der Waals surface area contributed by atoms with Crippen LogP contribution in [0.25, 0.3) is 0 Å². The Morgan fingerprint density at radius 3 is 2.82 bits per heavy atom. The Morgan fingerprint density at radius 2 is 2.09 bits per heavy atom. The van der Waals surface area contributed by atoms with Gasteiger partial charge in [0.1, 0.15) is 18.8 Å². The van der Waals surface area contributed by atoms with Crippen LogP contribution in [0.2, 0.25) is 10.0 Å². The summed E-state index contributed by atoms with van der Waals surface area (Å²) in [5.74, 6) is 0.307. The summed E-state index contributed by atoms with van der Waals surface area (Å²) in [7, 11) is 0. The second-order valence-electron chi connectivity index (χ2n) is 5.18. The van der Waals surface area contributed by atoms with E-state index in [1.807, 2.05) is 0 Å². The van der Waals surface area contributed by atoms with E-state index in [0.717, 1.165) is 39.3 Å². The maximum Gasteiger partial charge on any atom is 0.257 e. The van der Waals surface area contributed by atoms with Gasteiger partial charge in [-0.1, -0.05) is 23.2 Å². The molecule has 0 aromatic heterocycles. The number of carbonyl (C=O) groups excluding carboxylic acids is 1. The Labute approximate surface area is 140 Å². The van der Waals surface area contributed by atoms with Crippen LogP contribution in [-0.2, 0) is 9.53 Å². The molecule has 1 aliphatic rings. The lowest BCUT2D eigenvalue weighted by Gasteiger charge is -2.23. The van der Waals surface area contributed by atoms with E-state index in [4.69, 9.17) is 32.7 Å². The lowest BCUT2D eigenvalue weighted by Crippen LogP contribution is -3.14. The van der Waals surface area contributed by atoms with Gasteiger partial charge in [0, 0.05) is 18.0 Å². The largest absolute Gasteiger partial charge is 0.482 e. The fraction of sp³-hybridized carbons (Fsp3) is 0.533. The van der Waals surface area contributed by atoms with Gasteiger partial charge in [-0.25, -0.2) is 0 Å². The molecule has 0 aliphatic carbocycles. The van der Waals surface area contributed by atoms with Gasteiger partial charge in [-0.3, -0.25) is 4.79 Å². The van der Waals surface area contributed by atoms with Crippen molar-refractivity contribution in [1.29, 1.82) is 0 Å². The average molecular weight is 348 g/mol. The minimum Gasteiger partial charge on any atom is -0.482 e. The zero-order chi connectivity index (χ0) is 15.8. The van der Waals surface area contributed by atoms with E-state index in [2.05, 4.69) is 5.32 Å². The molecule has 1 aromatic rings. The summed E-state index contributed by atoms with van der Waals surface area (Å²) >= 11 is 11.8. The second kappa shape index (κ2) is 9.20. The number of morpholine rings is 1. The predicted molar refractivity (Wildman–Crippen MR) is 86.0 cm³/mol. The summed E-state index contributed by atoms with van der Waals surface area (Å²) in [5.41, 5.74) is 0. The van der Waals surface area contributed by atoms with Gasteiger partial charge in [0.05, 0.1) is 24.8 Å². The third-order valence-electron chi connectivity index (χ3n) is 3.48. The Kier molecular flexibility index (Phi) is 7.25. The molecule has 1 saturated heterocycles. The number of nitrogens with one attached hydrogen (secondary N) is 2. The van der Waals surface area contributed by atoms with Crippen LogP contribution in [0.4, 0.5) is 0 Å². The molecule has 1 fully saturated rings. The van der Waals surface area contributed by atoms with Gasteiger partial charge in [-0.15, -0.1) is 0 Å². The number of rotatable bonds is 7. The van der Waals surface area contributed by atoms with Crippen LogP contribution in [0, 0.1) is 0 Å². The van der Waals surface area contributed by atoms with Gasteiger partial charge in [-0.2, -0.15) is 0 Å². The Hall–Kier alpha value is -1.01. The number of quaternary nitrogens is 1. The van der Waals surface area contributed by atoms with E-state index in [1.54, 1.807) is 18.2 Å². The summed E-state index contributed by atoms with van der Waals surface area (Å²) in [6.45, 7) is 5.41. The third-order valence-corrected chi connectivity index (χ3v) is 4.01. The molecule has 2 N–H and O–H groups in total. The highest BCUT2D eigenvalue weighted by Crippen LogP contribution is 2.27. The van der Waals surface area contributed by atoms with Crippen LogP contribution in [0.1, 0.15) is 6.42 Å². The van der Waals surface area contributed by atoms with Gasteiger partial charge in [0.25, 0.3) is 5.91 Å². The molecule has 0 unspecified atom stereocenters. The molecular formula is C15H21Cl2N2O3+. The maximum atomic E-state index is 11.7. The van der Waals surface area contributed by atoms with Crippen molar-refractivity contribution in [2.45, 2.75) is 6.42 Å². The number of hydrogen-bond acceptors (Lipinski definition) is 3. The molecular weight excluding hydrogens is 327 g/mol. The minimum atomic E-state index is -0.150. The molecule has 7 heteroatoms. The number of ether oxygens (including phenoxy) is 2. The van der Waals surface area contributed by atoms with Gasteiger partial charge in [0.15, 0.2) is 6.61 Å². The van der Waals surface area contributed by atoms with Crippen molar-refractivity contribution in [3.8, 4) is 5.75 Å². The number of amides is 1. The second-order valence-corrected chi connectivity index (χ2v) is 6.02. The smallest absolute Gasteiger partial charge is 0.257 e. The summed E-state index contributed by atoms with van der Waals surface area (Å²) < 4.78 is 10.7. The molecule has 0 saturated carbocycles. The van der Waals surface area contributed by atoms with E-state index in [-0.39, 0.29) is 12.5 Å². The summed E-state index contributed by atoms with van der Waals surface area (Å²) in [5, 5.41) is 3.78. The van der Waals surface area contributed by atoms with Crippen molar-refractivity contribution in [1.82, 2.24) is 5.32 Å². The number of carbonyl (C=O) groups is 1. The standard InChI is InChI=1S/C15H20Cl2N2O3/c16-12-2-3-14(13(17)10-12)22-11-15(20)18-4-1-5-19-6-8-21-9-7-19/h2-3,10H,1,4-9,11H2,(H,18,20)/p+1. The first-order chi connectivity index (χ1) is 10.6. The van der Waals surface area contributed by atoms with Crippen LogP contribution >= 0.6 is 23.2 Å². The van der Waals surface area contributed by atoms with Crippen molar-refractivity contribution in [3.63, 3.8) is 0 Å². The first-order valence-corrected chi connectivity index (χ1v) is 8.16. The Balaban J connectivity index is 1.59. The van der Waals surface area contributed by atoms with Gasteiger partial charge < -0.3 is 19.7 Å². The van der Waals surface area contributed by atoms with Gasteiger partial charge in [0.2, 0.25) is 0 Å². The molecule has 122 valence electrons. The van der Waals surface area contributed by atoms with Gasteiger partial charge in [-0.05, 0) is 18.2 Å². The van der Waals surface area contributed by atoms with Crippen LogP contribution in [0.5, 0.6) is 5.75 Å².